The molecule has 114 valence electrons. The molecular formula is C14H19N3O2S2. The molecule has 1 atom stereocenters. The maximum absolute atomic E-state index is 12.4. The molecule has 1 heterocycles. The Bertz CT molecular complexity index is 669. The minimum absolute atomic E-state index is 0.154. The van der Waals surface area contributed by atoms with Gasteiger partial charge in [0.15, 0.2) is 0 Å². The van der Waals surface area contributed by atoms with Crippen LogP contribution < -0.4 is 4.72 Å². The molecule has 0 spiro atoms. The third kappa shape index (κ3) is 4.33. The van der Waals surface area contributed by atoms with Crippen molar-refractivity contribution >= 4 is 21.8 Å². The van der Waals surface area contributed by atoms with Gasteiger partial charge in [0, 0.05) is 30.4 Å². The number of sulfonamides is 1. The van der Waals surface area contributed by atoms with E-state index in [0.717, 1.165) is 4.90 Å². The van der Waals surface area contributed by atoms with Gasteiger partial charge in [-0.15, -0.1) is 11.8 Å². The second kappa shape index (κ2) is 7.11. The Kier molecular flexibility index (Phi) is 5.44. The topological polar surface area (TPSA) is 64.0 Å². The predicted molar refractivity (Wildman–Crippen MR) is 84.8 cm³/mol. The first-order valence-electron chi connectivity index (χ1n) is 6.63. The monoisotopic (exact) mass is 325 g/mol. The van der Waals surface area contributed by atoms with Gasteiger partial charge >= 0.3 is 0 Å². The minimum atomic E-state index is -3.48. The molecule has 0 aliphatic carbocycles. The van der Waals surface area contributed by atoms with Crippen LogP contribution >= 0.6 is 11.8 Å². The smallest absolute Gasteiger partial charge is 0.241 e. The van der Waals surface area contributed by atoms with E-state index in [0.29, 0.717) is 18.0 Å². The molecule has 1 aromatic carbocycles. The number of nitrogens with one attached hydrogen (secondary N) is 1. The van der Waals surface area contributed by atoms with Gasteiger partial charge in [0.25, 0.3) is 0 Å². The SMILES string of the molecule is CSc1ccccc1S(=O)(=O)NCC(C)Cn1cccn1. The highest BCUT2D eigenvalue weighted by Crippen LogP contribution is 2.24. The maximum atomic E-state index is 12.4. The molecule has 2 rings (SSSR count). The third-order valence-corrected chi connectivity index (χ3v) is 5.45. The summed E-state index contributed by atoms with van der Waals surface area (Å²) in [6, 6.07) is 8.87. The summed E-state index contributed by atoms with van der Waals surface area (Å²) in [4.78, 5) is 1.09. The van der Waals surface area contributed by atoms with Crippen molar-refractivity contribution in [3.8, 4) is 0 Å². The molecule has 0 amide bonds. The van der Waals surface area contributed by atoms with E-state index >= 15 is 0 Å². The fourth-order valence-electron chi connectivity index (χ4n) is 1.96. The lowest BCUT2D eigenvalue weighted by Gasteiger charge is -2.14. The highest BCUT2D eigenvalue weighted by Gasteiger charge is 2.18. The van der Waals surface area contributed by atoms with Crippen LogP contribution in [-0.4, -0.2) is 31.0 Å². The van der Waals surface area contributed by atoms with Gasteiger partial charge in [-0.05, 0) is 30.4 Å². The highest BCUT2D eigenvalue weighted by molar-refractivity contribution is 7.99. The molecule has 0 aliphatic rings. The Morgan fingerprint density at radius 1 is 1.33 bits per heavy atom. The maximum Gasteiger partial charge on any atom is 0.241 e. The van der Waals surface area contributed by atoms with Gasteiger partial charge in [0.05, 0.1) is 4.90 Å². The van der Waals surface area contributed by atoms with Crippen LogP contribution in [-0.2, 0) is 16.6 Å². The molecule has 1 unspecified atom stereocenters. The Morgan fingerprint density at radius 2 is 2.10 bits per heavy atom. The molecule has 0 fully saturated rings. The van der Waals surface area contributed by atoms with Gasteiger partial charge in [0.2, 0.25) is 10.0 Å². The number of benzene rings is 1. The predicted octanol–water partition coefficient (Wildman–Crippen LogP) is 2.22. The zero-order valence-corrected chi connectivity index (χ0v) is 13.7. The van der Waals surface area contributed by atoms with Crippen molar-refractivity contribution in [2.24, 2.45) is 5.92 Å². The summed E-state index contributed by atoms with van der Waals surface area (Å²) < 4.78 is 29.2. The average Bonchev–Trinajstić information content (AvgIpc) is 2.98. The first-order valence-corrected chi connectivity index (χ1v) is 9.34. The minimum Gasteiger partial charge on any atom is -0.272 e. The van der Waals surface area contributed by atoms with Crippen molar-refractivity contribution in [1.29, 1.82) is 0 Å². The molecule has 1 aromatic heterocycles. The lowest BCUT2D eigenvalue weighted by atomic mass is 10.2. The van der Waals surface area contributed by atoms with Crippen molar-refractivity contribution < 1.29 is 8.42 Å². The van der Waals surface area contributed by atoms with Crippen molar-refractivity contribution in [1.82, 2.24) is 14.5 Å². The summed E-state index contributed by atoms with van der Waals surface area (Å²) in [5, 5.41) is 4.12. The van der Waals surface area contributed by atoms with Crippen molar-refractivity contribution in [2.45, 2.75) is 23.3 Å². The number of aromatic nitrogens is 2. The van der Waals surface area contributed by atoms with E-state index in [2.05, 4.69) is 9.82 Å². The highest BCUT2D eigenvalue weighted by atomic mass is 32.2. The van der Waals surface area contributed by atoms with Crippen LogP contribution in [0.25, 0.3) is 0 Å². The molecule has 0 saturated carbocycles. The third-order valence-electron chi connectivity index (χ3n) is 3.04. The number of nitrogens with zero attached hydrogens (tertiary/aromatic N) is 2. The number of thioether (sulfide) groups is 1. The van der Waals surface area contributed by atoms with Crippen LogP contribution in [0.2, 0.25) is 0 Å². The van der Waals surface area contributed by atoms with Crippen LogP contribution in [0.3, 0.4) is 0 Å². The molecule has 21 heavy (non-hydrogen) atoms. The first kappa shape index (κ1) is 16.1. The second-order valence-electron chi connectivity index (χ2n) is 4.84. The summed E-state index contributed by atoms with van der Waals surface area (Å²) in [7, 11) is -3.48. The molecule has 0 radical (unpaired) electrons. The van der Waals surface area contributed by atoms with Crippen molar-refractivity contribution in [3.05, 3.63) is 42.7 Å². The molecule has 1 N–H and O–H groups in total. The van der Waals surface area contributed by atoms with E-state index < -0.39 is 10.0 Å². The molecule has 0 aliphatic heterocycles. The first-order chi connectivity index (χ1) is 10.0. The number of hydrogen-bond acceptors (Lipinski definition) is 4. The van der Waals surface area contributed by atoms with Gasteiger partial charge < -0.3 is 0 Å². The van der Waals surface area contributed by atoms with Crippen LogP contribution in [0.15, 0.2) is 52.5 Å². The number of hydrogen-bond donors (Lipinski definition) is 1. The number of rotatable bonds is 7. The van der Waals surface area contributed by atoms with Crippen molar-refractivity contribution in [3.63, 3.8) is 0 Å². The molecule has 0 bridgehead atoms. The molecule has 2 aromatic rings. The van der Waals surface area contributed by atoms with Gasteiger partial charge in [-0.2, -0.15) is 5.10 Å². The quantitative estimate of drug-likeness (QED) is 0.793. The molecule has 5 nitrogen and oxygen atoms in total. The van der Waals surface area contributed by atoms with Crippen LogP contribution in [0.4, 0.5) is 0 Å². The van der Waals surface area contributed by atoms with Gasteiger partial charge in [0.1, 0.15) is 0 Å². The lowest BCUT2D eigenvalue weighted by molar-refractivity contribution is 0.443. The van der Waals surface area contributed by atoms with Crippen LogP contribution in [0, 0.1) is 5.92 Å². The van der Waals surface area contributed by atoms with E-state index in [-0.39, 0.29) is 5.92 Å². The summed E-state index contributed by atoms with van der Waals surface area (Å²) in [5.41, 5.74) is 0. The Balaban J connectivity index is 2.01. The zero-order valence-electron chi connectivity index (χ0n) is 12.1. The van der Waals surface area contributed by atoms with E-state index in [1.54, 1.807) is 23.0 Å². The lowest BCUT2D eigenvalue weighted by Crippen LogP contribution is -2.30. The van der Waals surface area contributed by atoms with Gasteiger partial charge in [-0.1, -0.05) is 19.1 Å². The van der Waals surface area contributed by atoms with Gasteiger partial charge in [-0.25, -0.2) is 13.1 Å². The van der Waals surface area contributed by atoms with Crippen molar-refractivity contribution in [2.75, 3.05) is 12.8 Å². The summed E-state index contributed by atoms with van der Waals surface area (Å²) >= 11 is 1.43. The Morgan fingerprint density at radius 3 is 2.76 bits per heavy atom. The van der Waals surface area contributed by atoms with Crippen LogP contribution in [0.5, 0.6) is 0 Å². The molecule has 0 saturated heterocycles. The Labute approximate surface area is 129 Å². The van der Waals surface area contributed by atoms with E-state index in [1.807, 2.05) is 37.6 Å². The largest absolute Gasteiger partial charge is 0.272 e. The van der Waals surface area contributed by atoms with E-state index in [4.69, 9.17) is 0 Å². The summed E-state index contributed by atoms with van der Waals surface area (Å²) in [6.07, 6.45) is 5.45. The zero-order chi connectivity index (χ0) is 15.3. The van der Waals surface area contributed by atoms with Gasteiger partial charge in [-0.3, -0.25) is 4.68 Å². The van der Waals surface area contributed by atoms with E-state index in [1.165, 1.54) is 11.8 Å². The summed E-state index contributed by atoms with van der Waals surface area (Å²) in [5.74, 6) is 0.154. The summed E-state index contributed by atoms with van der Waals surface area (Å²) in [6.45, 7) is 3.05. The van der Waals surface area contributed by atoms with E-state index in [9.17, 15) is 8.42 Å². The van der Waals surface area contributed by atoms with Crippen LogP contribution in [0.1, 0.15) is 6.92 Å². The second-order valence-corrected chi connectivity index (χ2v) is 7.42. The average molecular weight is 325 g/mol. The fraction of sp³-hybridized carbons (Fsp3) is 0.357. The fourth-order valence-corrected chi connectivity index (χ4v) is 4.28. The normalized spacial score (nSPS) is 13.2. The molecule has 7 heteroatoms. The molecular weight excluding hydrogens is 306 g/mol. The Hall–Kier alpha value is -1.31. The standard InChI is InChI=1S/C14H19N3O2S2/c1-12(11-17-9-5-8-15-17)10-16-21(18,19)14-7-4-3-6-13(14)20-2/h3-9,12,16H,10-11H2,1-2H3.